The molecule has 0 spiro atoms. The summed E-state index contributed by atoms with van der Waals surface area (Å²) < 4.78 is 11.0. The van der Waals surface area contributed by atoms with Crippen LogP contribution in [0, 0.1) is 0 Å². The van der Waals surface area contributed by atoms with Crippen molar-refractivity contribution >= 4 is 24.5 Å². The van der Waals surface area contributed by atoms with E-state index >= 15 is 0 Å². The first-order valence-electron chi connectivity index (χ1n) is 11.5. The Bertz CT molecular complexity index is 503. The van der Waals surface area contributed by atoms with Crippen LogP contribution in [0.3, 0.4) is 0 Å². The summed E-state index contributed by atoms with van der Waals surface area (Å²) in [6.07, 6.45) is 6.72. The van der Waals surface area contributed by atoms with Gasteiger partial charge < -0.3 is 0 Å². The van der Waals surface area contributed by atoms with Crippen LogP contribution in [-0.2, 0) is 4.74 Å². The Hall–Kier alpha value is -0.231. The van der Waals surface area contributed by atoms with Crippen LogP contribution in [0.5, 0.6) is 0 Å². The molecule has 1 atom stereocenters. The first-order valence-corrected chi connectivity index (χ1v) is 18.9. The number of hydrogen-bond acceptors (Lipinski definition) is 3. The molecule has 28 heavy (non-hydrogen) atoms. The maximum atomic E-state index is 12.6. The summed E-state index contributed by atoms with van der Waals surface area (Å²) in [5.41, 5.74) is 0.746. The first-order chi connectivity index (χ1) is 13.1. The molecule has 0 aliphatic carbocycles. The molecule has 0 fully saturated rings. The molecule has 0 radical (unpaired) electrons. The van der Waals surface area contributed by atoms with Gasteiger partial charge in [0.25, 0.3) is 0 Å². The zero-order chi connectivity index (χ0) is 21.4. The van der Waals surface area contributed by atoms with E-state index in [1.807, 2.05) is 20.8 Å². The number of aliphatic hydroxyl groups excluding tert-OH is 1. The van der Waals surface area contributed by atoms with E-state index in [1.54, 1.807) is 4.90 Å². The number of ether oxygens (including phenoxy) is 1. The van der Waals surface area contributed by atoms with Crippen LogP contribution in [-0.4, -0.2) is 59.3 Å². The molecular weight excluding hydrogens is 457 g/mol. The minimum atomic E-state index is -2.68. The third-order valence-electron chi connectivity index (χ3n) is 5.86. The van der Waals surface area contributed by atoms with Crippen LogP contribution in [0.4, 0.5) is 4.79 Å². The fourth-order valence-corrected chi connectivity index (χ4v) is 23.0. The molecule has 1 aliphatic rings. The predicted molar refractivity (Wildman–Crippen MR) is 121 cm³/mol. The van der Waals surface area contributed by atoms with Crippen LogP contribution in [0.2, 0.25) is 13.3 Å². The molecule has 0 aromatic rings. The van der Waals surface area contributed by atoms with Gasteiger partial charge in [0.05, 0.1) is 0 Å². The van der Waals surface area contributed by atoms with Gasteiger partial charge in [-0.2, -0.15) is 0 Å². The third kappa shape index (κ3) is 7.55. The summed E-state index contributed by atoms with van der Waals surface area (Å²) >= 11 is -2.68. The molecule has 4 nitrogen and oxygen atoms in total. The number of hydrogen-bond donors (Lipinski definition) is 1. The fourth-order valence-electron chi connectivity index (χ4n) is 4.62. The Morgan fingerprint density at radius 1 is 1.07 bits per heavy atom. The molecule has 0 aromatic heterocycles. The summed E-state index contributed by atoms with van der Waals surface area (Å²) in [4.78, 5) is 14.3. The first kappa shape index (κ1) is 25.8. The van der Waals surface area contributed by atoms with Gasteiger partial charge >= 0.3 is 178 Å². The molecule has 1 amide bonds. The van der Waals surface area contributed by atoms with Gasteiger partial charge in [0.2, 0.25) is 0 Å². The van der Waals surface area contributed by atoms with Crippen molar-refractivity contribution in [3.63, 3.8) is 0 Å². The predicted octanol–water partition coefficient (Wildman–Crippen LogP) is 6.30. The monoisotopic (exact) mass is 503 g/mol. The molecular formula is C23H45NO3Sn. The quantitative estimate of drug-likeness (QED) is 0.357. The molecule has 5 heteroatoms. The van der Waals surface area contributed by atoms with Crippen molar-refractivity contribution < 1.29 is 14.6 Å². The Morgan fingerprint density at radius 3 is 1.89 bits per heavy atom. The molecule has 0 aromatic carbocycles. The Labute approximate surface area is 178 Å². The van der Waals surface area contributed by atoms with Gasteiger partial charge in [0, 0.05) is 0 Å². The van der Waals surface area contributed by atoms with E-state index in [0.717, 1.165) is 0 Å². The summed E-state index contributed by atoms with van der Waals surface area (Å²) in [6.45, 7) is 15.7. The van der Waals surface area contributed by atoms with Crippen molar-refractivity contribution in [2.45, 2.75) is 112 Å². The number of rotatable bonds is 10. The SMILES string of the molecule is CCC[CH2][Sn]([CH2]CCC)([CH2]CCC)[C]1=C(C)CN(C(=O)OC(C)(C)C)CC1O. The standard InChI is InChI=1S/C11H18NO3.3C4H9.Sn/c1-8-5-9(13)7-12(6-8)10(14)15-11(2,3)4;3*1-3-4-2;/h9,13H,6-7H2,1-4H3;3*1,3-4H2,2H3;. The van der Waals surface area contributed by atoms with Gasteiger partial charge in [-0.05, 0) is 0 Å². The number of β-amino-alcohol motifs (C(OH)–C–C–N with tert-alkyl or cyclic N) is 1. The van der Waals surface area contributed by atoms with Gasteiger partial charge in [-0.1, -0.05) is 0 Å². The van der Waals surface area contributed by atoms with Gasteiger partial charge in [0.15, 0.2) is 0 Å². The number of nitrogens with zero attached hydrogens (tertiary/aromatic N) is 1. The summed E-state index contributed by atoms with van der Waals surface area (Å²) in [5, 5.41) is 11.2. The molecule has 1 N–H and O–H groups in total. The van der Waals surface area contributed by atoms with Crippen molar-refractivity contribution in [1.29, 1.82) is 0 Å². The van der Waals surface area contributed by atoms with Crippen molar-refractivity contribution in [2.75, 3.05) is 13.1 Å². The number of aliphatic hydroxyl groups is 1. The number of unbranched alkanes of at least 4 members (excludes halogenated alkanes) is 3. The molecule has 0 saturated heterocycles. The van der Waals surface area contributed by atoms with Gasteiger partial charge in [-0.15, -0.1) is 0 Å². The van der Waals surface area contributed by atoms with Crippen LogP contribution in [0.1, 0.15) is 87.0 Å². The Morgan fingerprint density at radius 2 is 1.54 bits per heavy atom. The molecule has 164 valence electrons. The van der Waals surface area contributed by atoms with Gasteiger partial charge in [-0.3, -0.25) is 0 Å². The van der Waals surface area contributed by atoms with E-state index in [4.69, 9.17) is 4.74 Å². The fraction of sp³-hybridized carbons (Fsp3) is 0.870. The zero-order valence-corrected chi connectivity index (χ0v) is 22.4. The van der Waals surface area contributed by atoms with E-state index in [0.29, 0.717) is 13.1 Å². The van der Waals surface area contributed by atoms with Crippen LogP contribution >= 0.6 is 0 Å². The second-order valence-corrected chi connectivity index (χ2v) is 22.8. The molecule has 0 saturated carbocycles. The van der Waals surface area contributed by atoms with Crippen LogP contribution in [0.15, 0.2) is 9.16 Å². The summed E-state index contributed by atoms with van der Waals surface area (Å²) in [6, 6.07) is 0. The van der Waals surface area contributed by atoms with Crippen molar-refractivity contribution in [2.24, 2.45) is 0 Å². The molecule has 1 aliphatic heterocycles. The Kier molecular flexibility index (Phi) is 10.9. The van der Waals surface area contributed by atoms with Gasteiger partial charge in [0.1, 0.15) is 0 Å². The summed E-state index contributed by atoms with van der Waals surface area (Å²) in [7, 11) is 0. The van der Waals surface area contributed by atoms with Crippen molar-refractivity contribution in [1.82, 2.24) is 4.90 Å². The third-order valence-corrected chi connectivity index (χ3v) is 22.5. The normalized spacial score (nSPS) is 18.6. The number of amides is 1. The second kappa shape index (κ2) is 11.8. The van der Waals surface area contributed by atoms with Crippen LogP contribution in [0.25, 0.3) is 0 Å². The van der Waals surface area contributed by atoms with Gasteiger partial charge in [-0.25, -0.2) is 0 Å². The van der Waals surface area contributed by atoms with E-state index < -0.39 is 30.1 Å². The van der Waals surface area contributed by atoms with E-state index in [9.17, 15) is 9.90 Å². The van der Waals surface area contributed by atoms with Crippen LogP contribution < -0.4 is 0 Å². The van der Waals surface area contributed by atoms with Crippen molar-refractivity contribution in [3.8, 4) is 0 Å². The van der Waals surface area contributed by atoms with Crippen molar-refractivity contribution in [3.05, 3.63) is 9.16 Å². The number of carbonyl (C=O) groups excluding carboxylic acids is 1. The molecule has 0 bridgehead atoms. The zero-order valence-electron chi connectivity index (χ0n) is 19.6. The topological polar surface area (TPSA) is 49.8 Å². The Balaban J connectivity index is 3.19. The maximum absolute atomic E-state index is 12.6. The molecule has 1 rings (SSSR count). The average molecular weight is 502 g/mol. The van der Waals surface area contributed by atoms with E-state index in [2.05, 4.69) is 27.7 Å². The molecule has 1 heterocycles. The minimum absolute atomic E-state index is 0.304. The molecule has 1 unspecified atom stereocenters. The second-order valence-electron chi connectivity index (χ2n) is 9.66. The number of carbonyl (C=O) groups is 1. The summed E-state index contributed by atoms with van der Waals surface area (Å²) in [5.74, 6) is 0. The van der Waals surface area contributed by atoms with E-state index in [1.165, 1.54) is 61.0 Å². The average Bonchev–Trinajstić information content (AvgIpc) is 2.60. The van der Waals surface area contributed by atoms with E-state index in [-0.39, 0.29) is 6.09 Å².